The van der Waals surface area contributed by atoms with E-state index in [-0.39, 0.29) is 11.1 Å². The minimum Gasteiger partial charge on any atom is -0.266 e. The molecule has 0 radical (unpaired) electrons. The van der Waals surface area contributed by atoms with E-state index in [4.69, 9.17) is 11.2 Å². The van der Waals surface area contributed by atoms with Gasteiger partial charge in [-0.05, 0) is 41.5 Å². The van der Waals surface area contributed by atoms with Gasteiger partial charge in [-0.3, -0.25) is 10.2 Å². The quantitative estimate of drug-likeness (QED) is 0.684. The third-order valence-electron chi connectivity index (χ3n) is 0.867. The Morgan fingerprint density at radius 2 is 1.08 bits per heavy atom. The largest absolute Gasteiger partial charge is 0.266 e. The zero-order valence-electron chi connectivity index (χ0n) is 8.83. The van der Waals surface area contributed by atoms with Gasteiger partial charge < -0.3 is 0 Å². The highest BCUT2D eigenvalue weighted by atomic mass is 35.7. The summed E-state index contributed by atoms with van der Waals surface area (Å²) in [6.07, 6.45) is 0. The average Bonchev–Trinajstić information content (AvgIpc) is 1.49. The molecule has 0 aromatic carbocycles. The molecule has 0 unspecified atom stereocenters. The summed E-state index contributed by atoms with van der Waals surface area (Å²) >= 11 is 6.09. The Balaban J connectivity index is 3.83. The van der Waals surface area contributed by atoms with Gasteiger partial charge in [0.1, 0.15) is 7.58 Å². The van der Waals surface area contributed by atoms with E-state index >= 15 is 0 Å². The second-order valence-corrected chi connectivity index (χ2v) is 7.03. The van der Waals surface area contributed by atoms with Crippen molar-refractivity contribution in [1.82, 2.24) is 10.2 Å². The molecule has 0 aliphatic rings. The first kappa shape index (κ1) is 12.6. The van der Waals surface area contributed by atoms with Gasteiger partial charge in [0, 0.05) is 11.1 Å². The predicted octanol–water partition coefficient (Wildman–Crippen LogP) is 3.23. The number of rotatable bonds is 2. The summed E-state index contributed by atoms with van der Waals surface area (Å²) in [6, 6.07) is 0. The van der Waals surface area contributed by atoms with Crippen molar-refractivity contribution in [2.45, 2.75) is 52.6 Å². The van der Waals surface area contributed by atoms with Crippen LogP contribution in [0.25, 0.3) is 0 Å². The molecule has 0 amide bonds. The van der Waals surface area contributed by atoms with Crippen molar-refractivity contribution in [2.75, 3.05) is 0 Å². The minimum atomic E-state index is -0.784. The first-order chi connectivity index (χ1) is 5.10. The molecule has 0 aliphatic carbocycles. The zero-order valence-corrected chi connectivity index (χ0v) is 10.5. The summed E-state index contributed by atoms with van der Waals surface area (Å²) in [5, 5.41) is 6.59. The van der Waals surface area contributed by atoms with Crippen LogP contribution < -0.4 is 10.2 Å². The van der Waals surface area contributed by atoms with Gasteiger partial charge in [0.05, 0.1) is 0 Å². The molecule has 2 nitrogen and oxygen atoms in total. The molecule has 2 N–H and O–H groups in total. The maximum absolute atomic E-state index is 6.09. The standard InChI is InChI=1S/C8H20ClN2P/c1-7(2,3)10-12(9)11-8(4,5)6/h10-11H,1-6H3. The first-order valence-electron chi connectivity index (χ1n) is 4.12. The van der Waals surface area contributed by atoms with Gasteiger partial charge in [-0.2, -0.15) is 0 Å². The van der Waals surface area contributed by atoms with E-state index in [1.807, 2.05) is 0 Å². The van der Waals surface area contributed by atoms with Crippen LogP contribution in [0.4, 0.5) is 0 Å². The fourth-order valence-corrected chi connectivity index (χ4v) is 3.37. The van der Waals surface area contributed by atoms with E-state index in [2.05, 4.69) is 51.7 Å². The van der Waals surface area contributed by atoms with Crippen LogP contribution in [0.15, 0.2) is 0 Å². The number of hydrogen-bond donors (Lipinski definition) is 2. The van der Waals surface area contributed by atoms with Crippen LogP contribution in [0.3, 0.4) is 0 Å². The summed E-state index contributed by atoms with van der Waals surface area (Å²) < 4.78 is 0. The van der Waals surface area contributed by atoms with Crippen molar-refractivity contribution < 1.29 is 0 Å². The molecule has 12 heavy (non-hydrogen) atoms. The third kappa shape index (κ3) is 8.73. The summed E-state index contributed by atoms with van der Waals surface area (Å²) in [5.41, 5.74) is 0.150. The Bertz CT molecular complexity index is 121. The van der Waals surface area contributed by atoms with Gasteiger partial charge in [-0.15, -0.1) is 0 Å². The molecule has 0 spiro atoms. The molecule has 0 bridgehead atoms. The molecule has 0 atom stereocenters. The molecule has 74 valence electrons. The molecule has 4 heteroatoms. The number of hydrogen-bond acceptors (Lipinski definition) is 2. The summed E-state index contributed by atoms with van der Waals surface area (Å²) in [5.74, 6) is 0. The molecule has 0 rings (SSSR count). The van der Waals surface area contributed by atoms with Crippen LogP contribution in [0.5, 0.6) is 0 Å². The van der Waals surface area contributed by atoms with Gasteiger partial charge in [0.15, 0.2) is 0 Å². The SMILES string of the molecule is CC(C)(C)NP(Cl)NC(C)(C)C. The van der Waals surface area contributed by atoms with Gasteiger partial charge in [-0.1, -0.05) is 11.2 Å². The van der Waals surface area contributed by atoms with Gasteiger partial charge in [0.25, 0.3) is 0 Å². The van der Waals surface area contributed by atoms with Gasteiger partial charge >= 0.3 is 0 Å². The van der Waals surface area contributed by atoms with E-state index in [0.29, 0.717) is 0 Å². The molecule has 0 aromatic heterocycles. The number of nitrogens with one attached hydrogen (secondary N) is 2. The lowest BCUT2D eigenvalue weighted by molar-refractivity contribution is 0.499. The van der Waals surface area contributed by atoms with Gasteiger partial charge in [-0.25, -0.2) is 0 Å². The Morgan fingerprint density at radius 1 is 0.833 bits per heavy atom. The van der Waals surface area contributed by atoms with E-state index in [1.165, 1.54) is 0 Å². The second kappa shape index (κ2) is 4.23. The molecule has 0 aromatic rings. The maximum atomic E-state index is 6.09. The van der Waals surface area contributed by atoms with Crippen molar-refractivity contribution in [3.8, 4) is 0 Å². The summed E-state index contributed by atoms with van der Waals surface area (Å²) in [4.78, 5) is 0. The molecular formula is C8H20ClN2P. The van der Waals surface area contributed by atoms with Crippen LogP contribution >= 0.6 is 18.8 Å². The summed E-state index contributed by atoms with van der Waals surface area (Å²) in [6.45, 7) is 12.6. The maximum Gasteiger partial charge on any atom is 0.135 e. The van der Waals surface area contributed by atoms with E-state index in [9.17, 15) is 0 Å². The Kier molecular flexibility index (Phi) is 4.46. The zero-order chi connectivity index (χ0) is 9.99. The molecule has 0 aliphatic heterocycles. The first-order valence-corrected chi connectivity index (χ1v) is 6.36. The molecule has 0 fully saturated rings. The van der Waals surface area contributed by atoms with Crippen molar-refractivity contribution in [1.29, 1.82) is 0 Å². The minimum absolute atomic E-state index is 0.0751. The third-order valence-corrected chi connectivity index (χ3v) is 3.11. The topological polar surface area (TPSA) is 24.1 Å². The van der Waals surface area contributed by atoms with Crippen LogP contribution in [0, 0.1) is 0 Å². The molecule has 0 heterocycles. The van der Waals surface area contributed by atoms with Crippen LogP contribution in [-0.4, -0.2) is 11.1 Å². The Morgan fingerprint density at radius 3 is 1.25 bits per heavy atom. The van der Waals surface area contributed by atoms with Crippen molar-refractivity contribution in [3.63, 3.8) is 0 Å². The van der Waals surface area contributed by atoms with Gasteiger partial charge in [0.2, 0.25) is 0 Å². The van der Waals surface area contributed by atoms with E-state index < -0.39 is 7.58 Å². The highest BCUT2D eigenvalue weighted by Gasteiger charge is 2.19. The van der Waals surface area contributed by atoms with E-state index in [0.717, 1.165) is 0 Å². The smallest absolute Gasteiger partial charge is 0.135 e. The van der Waals surface area contributed by atoms with E-state index in [1.54, 1.807) is 0 Å². The highest BCUT2D eigenvalue weighted by Crippen LogP contribution is 2.36. The molecule has 0 saturated carbocycles. The lowest BCUT2D eigenvalue weighted by Crippen LogP contribution is -2.39. The highest BCUT2D eigenvalue weighted by molar-refractivity contribution is 7.80. The van der Waals surface area contributed by atoms with Crippen molar-refractivity contribution in [3.05, 3.63) is 0 Å². The normalized spacial score (nSPS) is 14.0. The van der Waals surface area contributed by atoms with Crippen LogP contribution in [0.2, 0.25) is 0 Å². The molecular weight excluding hydrogens is 191 g/mol. The fraction of sp³-hybridized carbons (Fsp3) is 1.00. The van der Waals surface area contributed by atoms with Crippen LogP contribution in [0.1, 0.15) is 41.5 Å². The monoisotopic (exact) mass is 210 g/mol. The van der Waals surface area contributed by atoms with Crippen LogP contribution in [-0.2, 0) is 0 Å². The fourth-order valence-electron chi connectivity index (χ4n) is 0.617. The average molecular weight is 211 g/mol. The molecule has 0 saturated heterocycles. The number of halogens is 1. The summed E-state index contributed by atoms with van der Waals surface area (Å²) in [7, 11) is -0.784. The lowest BCUT2D eigenvalue weighted by Gasteiger charge is -2.29. The predicted molar refractivity (Wildman–Crippen MR) is 58.6 cm³/mol. The van der Waals surface area contributed by atoms with Crippen molar-refractivity contribution in [2.24, 2.45) is 0 Å². The Hall–Kier alpha value is 0.640. The Labute approximate surface area is 82.1 Å². The second-order valence-electron chi connectivity index (χ2n) is 5.00. The van der Waals surface area contributed by atoms with Crippen molar-refractivity contribution >= 4 is 18.8 Å². The lowest BCUT2D eigenvalue weighted by atomic mass is 10.1.